The summed E-state index contributed by atoms with van der Waals surface area (Å²) in [7, 11) is -3.78. The van der Waals surface area contributed by atoms with Crippen LogP contribution in [0.2, 0.25) is 5.02 Å². The van der Waals surface area contributed by atoms with Gasteiger partial charge in [0, 0.05) is 43.8 Å². The molecule has 3 aromatic rings. The summed E-state index contributed by atoms with van der Waals surface area (Å²) in [6, 6.07) is 13.1. The molecule has 2 fully saturated rings. The van der Waals surface area contributed by atoms with Crippen LogP contribution < -0.4 is 20.5 Å². The minimum Gasteiger partial charge on any atom is -0.483 e. The standard InChI is InChI=1S/C27H30ClN5O5S/c1-19(34)30-21-7-5-11-24(17-21)39(36,37)32-14-12-31(13-15-32)25-18-29-33(22-8-4-6-20(28)16-22)27(35)26(25)38-23-9-2-3-10-23/h4-8,11,16-18,23H,2-3,9-10,12-15H2,1H3,(H,30,34). The fraction of sp³-hybridized carbons (Fsp3) is 0.370. The number of nitrogens with zero attached hydrogens (tertiary/aromatic N) is 4. The number of hydrogen-bond donors (Lipinski definition) is 1. The summed E-state index contributed by atoms with van der Waals surface area (Å²) in [5.74, 6) is -0.0594. The molecular weight excluding hydrogens is 542 g/mol. The van der Waals surface area contributed by atoms with Crippen molar-refractivity contribution in [1.29, 1.82) is 0 Å². The van der Waals surface area contributed by atoms with Gasteiger partial charge in [0.1, 0.15) is 5.69 Å². The first-order chi connectivity index (χ1) is 18.7. The number of piperazine rings is 1. The monoisotopic (exact) mass is 571 g/mol. The van der Waals surface area contributed by atoms with Crippen LogP contribution in [0.25, 0.3) is 5.69 Å². The minimum absolute atomic E-state index is 0.0517. The maximum absolute atomic E-state index is 13.6. The number of benzene rings is 2. The summed E-state index contributed by atoms with van der Waals surface area (Å²) < 4.78 is 35.7. The Morgan fingerprint density at radius 1 is 1.05 bits per heavy atom. The fourth-order valence-corrected chi connectivity index (χ4v) is 6.64. The Hall–Kier alpha value is -3.41. The first kappa shape index (κ1) is 27.2. The zero-order valence-electron chi connectivity index (χ0n) is 21.5. The molecule has 206 valence electrons. The topological polar surface area (TPSA) is 114 Å². The molecule has 0 radical (unpaired) electrons. The zero-order valence-corrected chi connectivity index (χ0v) is 23.1. The van der Waals surface area contributed by atoms with Gasteiger partial charge in [0.05, 0.1) is 22.9 Å². The van der Waals surface area contributed by atoms with Crippen LogP contribution in [-0.2, 0) is 14.8 Å². The SMILES string of the molecule is CC(=O)Nc1cccc(S(=O)(=O)N2CCN(c3cnn(-c4cccc(Cl)c4)c(=O)c3OC3CCCC3)CC2)c1. The van der Waals surface area contributed by atoms with E-state index in [1.54, 1.807) is 42.6 Å². The summed E-state index contributed by atoms with van der Waals surface area (Å²) in [4.78, 5) is 27.1. The summed E-state index contributed by atoms with van der Waals surface area (Å²) in [6.07, 6.45) is 5.40. The van der Waals surface area contributed by atoms with Crippen LogP contribution >= 0.6 is 11.6 Å². The first-order valence-electron chi connectivity index (χ1n) is 12.9. The maximum atomic E-state index is 13.6. The van der Waals surface area contributed by atoms with Crippen LogP contribution in [0.15, 0.2) is 64.4 Å². The van der Waals surface area contributed by atoms with Gasteiger partial charge in [-0.1, -0.05) is 23.7 Å². The third kappa shape index (κ3) is 5.95. The van der Waals surface area contributed by atoms with Crippen molar-refractivity contribution in [3.8, 4) is 11.4 Å². The highest BCUT2D eigenvalue weighted by Gasteiger charge is 2.31. The lowest BCUT2D eigenvalue weighted by atomic mass is 10.2. The number of halogens is 1. The molecule has 1 aliphatic heterocycles. The van der Waals surface area contributed by atoms with Gasteiger partial charge in [-0.15, -0.1) is 0 Å². The number of carbonyl (C=O) groups excluding carboxylic acids is 1. The minimum atomic E-state index is -3.78. The fourth-order valence-electron chi connectivity index (χ4n) is 4.99. The third-order valence-corrected chi connectivity index (χ3v) is 9.06. The second kappa shape index (κ2) is 11.4. The Morgan fingerprint density at radius 3 is 2.46 bits per heavy atom. The zero-order chi connectivity index (χ0) is 27.6. The number of nitrogens with one attached hydrogen (secondary N) is 1. The largest absolute Gasteiger partial charge is 0.483 e. The number of rotatable bonds is 7. The van der Waals surface area contributed by atoms with Crippen LogP contribution in [0.4, 0.5) is 11.4 Å². The van der Waals surface area contributed by atoms with Crippen LogP contribution in [0.5, 0.6) is 5.75 Å². The number of aromatic nitrogens is 2. The van der Waals surface area contributed by atoms with Crippen molar-refractivity contribution in [3.63, 3.8) is 0 Å². The van der Waals surface area contributed by atoms with Crippen LogP contribution in [-0.4, -0.2) is 60.7 Å². The predicted molar refractivity (Wildman–Crippen MR) is 149 cm³/mol. The van der Waals surface area contributed by atoms with Gasteiger partial charge in [-0.2, -0.15) is 14.1 Å². The Balaban J connectivity index is 1.39. The highest BCUT2D eigenvalue weighted by Crippen LogP contribution is 2.31. The molecule has 12 heteroatoms. The average Bonchev–Trinajstić information content (AvgIpc) is 3.43. The number of ether oxygens (including phenoxy) is 1. The summed E-state index contributed by atoms with van der Waals surface area (Å²) in [6.45, 7) is 2.51. The third-order valence-electron chi connectivity index (χ3n) is 6.93. The van der Waals surface area contributed by atoms with Crippen molar-refractivity contribution >= 4 is 38.9 Å². The second-order valence-electron chi connectivity index (χ2n) is 9.68. The van der Waals surface area contributed by atoms with Gasteiger partial charge < -0.3 is 15.0 Å². The van der Waals surface area contributed by atoms with E-state index in [9.17, 15) is 18.0 Å². The maximum Gasteiger partial charge on any atom is 0.316 e. The van der Waals surface area contributed by atoms with Crippen LogP contribution in [0.3, 0.4) is 0 Å². The van der Waals surface area contributed by atoms with E-state index < -0.39 is 10.0 Å². The molecule has 1 aliphatic carbocycles. The molecule has 1 amide bonds. The van der Waals surface area contributed by atoms with Crippen molar-refractivity contribution in [1.82, 2.24) is 14.1 Å². The van der Waals surface area contributed by atoms with E-state index in [-0.39, 0.29) is 41.3 Å². The van der Waals surface area contributed by atoms with Crippen LogP contribution in [0, 0.1) is 0 Å². The van der Waals surface area contributed by atoms with Crippen molar-refractivity contribution in [3.05, 3.63) is 70.1 Å². The van der Waals surface area contributed by atoms with Gasteiger partial charge in [0.2, 0.25) is 21.7 Å². The average molecular weight is 572 g/mol. The lowest BCUT2D eigenvalue weighted by molar-refractivity contribution is -0.114. The lowest BCUT2D eigenvalue weighted by Gasteiger charge is -2.36. The molecule has 2 aromatic carbocycles. The lowest BCUT2D eigenvalue weighted by Crippen LogP contribution is -2.49. The normalized spacial score (nSPS) is 16.8. The highest BCUT2D eigenvalue weighted by molar-refractivity contribution is 7.89. The summed E-state index contributed by atoms with van der Waals surface area (Å²) in [5, 5.41) is 7.51. The van der Waals surface area contributed by atoms with E-state index in [0.717, 1.165) is 25.7 Å². The number of anilines is 2. The smallest absolute Gasteiger partial charge is 0.316 e. The molecule has 1 aromatic heterocycles. The number of hydrogen-bond acceptors (Lipinski definition) is 7. The van der Waals surface area contributed by atoms with E-state index in [1.165, 1.54) is 28.0 Å². The Kier molecular flexibility index (Phi) is 7.92. The van der Waals surface area contributed by atoms with Gasteiger partial charge in [-0.25, -0.2) is 8.42 Å². The van der Waals surface area contributed by atoms with Gasteiger partial charge in [-0.3, -0.25) is 9.59 Å². The molecule has 1 saturated carbocycles. The molecule has 0 unspecified atom stereocenters. The van der Waals surface area contributed by atoms with Gasteiger partial charge in [0.25, 0.3) is 0 Å². The molecule has 2 aliphatic rings. The van der Waals surface area contributed by atoms with E-state index in [0.29, 0.717) is 35.2 Å². The number of sulfonamides is 1. The quantitative estimate of drug-likeness (QED) is 0.460. The molecule has 0 spiro atoms. The molecule has 1 saturated heterocycles. The Morgan fingerprint density at radius 2 is 1.77 bits per heavy atom. The van der Waals surface area contributed by atoms with Crippen molar-refractivity contribution in [2.75, 3.05) is 36.4 Å². The van der Waals surface area contributed by atoms with E-state index in [2.05, 4.69) is 10.4 Å². The van der Waals surface area contributed by atoms with Gasteiger partial charge in [-0.05, 0) is 62.1 Å². The van der Waals surface area contributed by atoms with E-state index >= 15 is 0 Å². The van der Waals surface area contributed by atoms with Gasteiger partial charge in [0.15, 0.2) is 0 Å². The molecule has 39 heavy (non-hydrogen) atoms. The summed E-state index contributed by atoms with van der Waals surface area (Å²) in [5.41, 5.74) is 1.12. The summed E-state index contributed by atoms with van der Waals surface area (Å²) >= 11 is 6.15. The Labute approximate surface area is 232 Å². The van der Waals surface area contributed by atoms with Gasteiger partial charge >= 0.3 is 5.56 Å². The molecule has 5 rings (SSSR count). The first-order valence-corrected chi connectivity index (χ1v) is 14.7. The number of carbonyl (C=O) groups is 1. The van der Waals surface area contributed by atoms with Crippen molar-refractivity contribution < 1.29 is 17.9 Å². The highest BCUT2D eigenvalue weighted by atomic mass is 35.5. The molecule has 10 nitrogen and oxygen atoms in total. The molecule has 1 N–H and O–H groups in total. The van der Waals surface area contributed by atoms with E-state index in [4.69, 9.17) is 16.3 Å². The number of amides is 1. The van der Waals surface area contributed by atoms with E-state index in [1.807, 2.05) is 4.90 Å². The van der Waals surface area contributed by atoms with Crippen molar-refractivity contribution in [2.45, 2.75) is 43.6 Å². The Bertz CT molecular complexity index is 1530. The molecular formula is C27H30ClN5O5S. The predicted octanol–water partition coefficient (Wildman–Crippen LogP) is 3.68. The molecule has 0 atom stereocenters. The molecule has 0 bridgehead atoms. The second-order valence-corrected chi connectivity index (χ2v) is 12.1. The van der Waals surface area contributed by atoms with Crippen molar-refractivity contribution in [2.24, 2.45) is 0 Å². The molecule has 2 heterocycles. The van der Waals surface area contributed by atoms with Crippen LogP contribution in [0.1, 0.15) is 32.6 Å².